The molecule has 3 nitrogen and oxygen atoms in total. The molecule has 2 rings (SSSR count). The first kappa shape index (κ1) is 11.6. The molecule has 1 aromatic carbocycles. The van der Waals surface area contributed by atoms with Crippen molar-refractivity contribution in [2.24, 2.45) is 0 Å². The van der Waals surface area contributed by atoms with Gasteiger partial charge in [0.1, 0.15) is 5.82 Å². The Hall–Kier alpha value is -1.90. The largest absolute Gasteiger partial charge is 0.370 e. The summed E-state index contributed by atoms with van der Waals surface area (Å²) in [5.74, 6) is 1.66. The molecule has 0 amide bonds. The molecular weight excluding hydrogens is 210 g/mol. The molecule has 1 heterocycles. The Morgan fingerprint density at radius 2 is 2.00 bits per heavy atom. The van der Waals surface area contributed by atoms with Crippen LogP contribution in [0.3, 0.4) is 0 Å². The summed E-state index contributed by atoms with van der Waals surface area (Å²) in [6, 6.07) is 8.10. The van der Waals surface area contributed by atoms with E-state index in [1.807, 2.05) is 12.1 Å². The van der Waals surface area contributed by atoms with E-state index in [9.17, 15) is 0 Å². The summed E-state index contributed by atoms with van der Waals surface area (Å²) in [5, 5.41) is 3.20. The van der Waals surface area contributed by atoms with Gasteiger partial charge in [-0.1, -0.05) is 18.2 Å². The van der Waals surface area contributed by atoms with E-state index in [0.29, 0.717) is 0 Å². The molecule has 17 heavy (non-hydrogen) atoms. The quantitative estimate of drug-likeness (QED) is 0.875. The number of hydrogen-bond acceptors (Lipinski definition) is 3. The lowest BCUT2D eigenvalue weighted by Gasteiger charge is -2.08. The van der Waals surface area contributed by atoms with Crippen molar-refractivity contribution in [2.75, 3.05) is 11.9 Å². The fraction of sp³-hybridized carbons (Fsp3) is 0.286. The van der Waals surface area contributed by atoms with Crippen molar-refractivity contribution < 1.29 is 0 Å². The maximum absolute atomic E-state index is 4.51. The van der Waals surface area contributed by atoms with Gasteiger partial charge >= 0.3 is 0 Å². The third-order valence-corrected chi connectivity index (χ3v) is 2.86. The van der Waals surface area contributed by atoms with Gasteiger partial charge in [-0.15, -0.1) is 0 Å². The Kier molecular flexibility index (Phi) is 3.38. The van der Waals surface area contributed by atoms with Crippen LogP contribution in [0.4, 0.5) is 5.82 Å². The fourth-order valence-electron chi connectivity index (χ4n) is 1.76. The lowest BCUT2D eigenvalue weighted by Crippen LogP contribution is -2.01. The van der Waals surface area contributed by atoms with Gasteiger partial charge in [0.2, 0.25) is 0 Å². The Bertz CT molecular complexity index is 521. The number of nitrogens with zero attached hydrogens (tertiary/aromatic N) is 2. The summed E-state index contributed by atoms with van der Waals surface area (Å²) in [7, 11) is 0. The average Bonchev–Trinajstić information content (AvgIpc) is 2.33. The van der Waals surface area contributed by atoms with Crippen molar-refractivity contribution in [3.63, 3.8) is 0 Å². The lowest BCUT2D eigenvalue weighted by atomic mass is 10.0. The van der Waals surface area contributed by atoms with Gasteiger partial charge in [-0.25, -0.2) is 9.97 Å². The number of hydrogen-bond donors (Lipinski definition) is 1. The van der Waals surface area contributed by atoms with Crippen molar-refractivity contribution in [3.05, 3.63) is 41.6 Å². The molecule has 1 aromatic heterocycles. The lowest BCUT2D eigenvalue weighted by molar-refractivity contribution is 1.11. The maximum Gasteiger partial charge on any atom is 0.161 e. The highest BCUT2D eigenvalue weighted by Gasteiger charge is 2.06. The van der Waals surface area contributed by atoms with Crippen molar-refractivity contribution in [3.8, 4) is 11.4 Å². The number of rotatable bonds is 3. The minimum absolute atomic E-state index is 0.782. The Labute approximate surface area is 102 Å². The molecule has 0 spiro atoms. The summed E-state index contributed by atoms with van der Waals surface area (Å²) in [6.45, 7) is 7.13. The van der Waals surface area contributed by atoms with Crippen molar-refractivity contribution in [2.45, 2.75) is 20.8 Å². The van der Waals surface area contributed by atoms with Gasteiger partial charge in [0.25, 0.3) is 0 Å². The summed E-state index contributed by atoms with van der Waals surface area (Å²) < 4.78 is 0. The second-order valence-electron chi connectivity index (χ2n) is 4.04. The van der Waals surface area contributed by atoms with Crippen LogP contribution in [0, 0.1) is 13.8 Å². The van der Waals surface area contributed by atoms with E-state index < -0.39 is 0 Å². The molecule has 1 N–H and O–H groups in total. The van der Waals surface area contributed by atoms with Gasteiger partial charge in [-0.3, -0.25) is 0 Å². The zero-order valence-corrected chi connectivity index (χ0v) is 10.5. The first-order chi connectivity index (χ1) is 8.22. The van der Waals surface area contributed by atoms with Crippen LogP contribution in [0.15, 0.2) is 30.5 Å². The topological polar surface area (TPSA) is 37.8 Å². The highest BCUT2D eigenvalue weighted by molar-refractivity contribution is 5.62. The molecule has 0 aliphatic carbocycles. The fourth-order valence-corrected chi connectivity index (χ4v) is 1.76. The number of aryl methyl sites for hydroxylation is 1. The standard InChI is InChI=1S/C14H17N3/c1-4-15-13-8-9-16-14(17-13)12-7-5-6-10(2)11(12)3/h5-9H,4H2,1-3H3,(H,15,16,17). The van der Waals surface area contributed by atoms with E-state index in [4.69, 9.17) is 0 Å². The number of nitrogens with one attached hydrogen (secondary N) is 1. The SMILES string of the molecule is CCNc1ccnc(-c2cccc(C)c2C)n1. The predicted molar refractivity (Wildman–Crippen MR) is 71.1 cm³/mol. The minimum Gasteiger partial charge on any atom is -0.370 e. The predicted octanol–water partition coefficient (Wildman–Crippen LogP) is 3.19. The van der Waals surface area contributed by atoms with Crippen LogP contribution in [0.1, 0.15) is 18.1 Å². The molecule has 0 fully saturated rings. The molecule has 0 aliphatic rings. The molecule has 88 valence electrons. The summed E-state index contributed by atoms with van der Waals surface area (Å²) >= 11 is 0. The van der Waals surface area contributed by atoms with E-state index in [1.165, 1.54) is 11.1 Å². The molecule has 2 aromatic rings. The average molecular weight is 227 g/mol. The molecule has 0 radical (unpaired) electrons. The molecule has 0 atom stereocenters. The molecular formula is C14H17N3. The van der Waals surface area contributed by atoms with E-state index in [2.05, 4.69) is 48.2 Å². The third kappa shape index (κ3) is 2.44. The van der Waals surface area contributed by atoms with Crippen molar-refractivity contribution in [1.82, 2.24) is 9.97 Å². The molecule has 0 aliphatic heterocycles. The Morgan fingerprint density at radius 3 is 2.76 bits per heavy atom. The van der Waals surface area contributed by atoms with Crippen LogP contribution in [0.5, 0.6) is 0 Å². The maximum atomic E-state index is 4.51. The van der Waals surface area contributed by atoms with Crippen LogP contribution >= 0.6 is 0 Å². The summed E-state index contributed by atoms with van der Waals surface area (Å²) in [5.41, 5.74) is 3.60. The van der Waals surface area contributed by atoms with Gasteiger partial charge in [0.05, 0.1) is 0 Å². The van der Waals surface area contributed by atoms with Gasteiger partial charge in [0.15, 0.2) is 5.82 Å². The second kappa shape index (κ2) is 4.95. The van der Waals surface area contributed by atoms with Crippen LogP contribution in [0.25, 0.3) is 11.4 Å². The smallest absolute Gasteiger partial charge is 0.161 e. The van der Waals surface area contributed by atoms with Crippen molar-refractivity contribution in [1.29, 1.82) is 0 Å². The van der Waals surface area contributed by atoms with Crippen LogP contribution in [-0.2, 0) is 0 Å². The third-order valence-electron chi connectivity index (χ3n) is 2.86. The highest BCUT2D eigenvalue weighted by atomic mass is 15.0. The van der Waals surface area contributed by atoms with E-state index in [1.54, 1.807) is 6.20 Å². The van der Waals surface area contributed by atoms with Gasteiger partial charge in [-0.2, -0.15) is 0 Å². The molecule has 0 saturated heterocycles. The molecule has 0 bridgehead atoms. The minimum atomic E-state index is 0.782. The van der Waals surface area contributed by atoms with Crippen molar-refractivity contribution >= 4 is 5.82 Å². The first-order valence-corrected chi connectivity index (χ1v) is 5.86. The van der Waals surface area contributed by atoms with Gasteiger partial charge in [-0.05, 0) is 38.0 Å². The molecule has 3 heteroatoms. The molecule has 0 unspecified atom stereocenters. The monoisotopic (exact) mass is 227 g/mol. The van der Waals surface area contributed by atoms with E-state index in [0.717, 1.165) is 23.8 Å². The zero-order valence-electron chi connectivity index (χ0n) is 10.5. The van der Waals surface area contributed by atoms with E-state index >= 15 is 0 Å². The van der Waals surface area contributed by atoms with Gasteiger partial charge < -0.3 is 5.32 Å². The zero-order chi connectivity index (χ0) is 12.3. The van der Waals surface area contributed by atoms with Gasteiger partial charge in [0, 0.05) is 18.3 Å². The Morgan fingerprint density at radius 1 is 1.18 bits per heavy atom. The second-order valence-corrected chi connectivity index (χ2v) is 4.04. The van der Waals surface area contributed by atoms with Crippen LogP contribution in [-0.4, -0.2) is 16.5 Å². The highest BCUT2D eigenvalue weighted by Crippen LogP contribution is 2.22. The summed E-state index contributed by atoms with van der Waals surface area (Å²) in [6.07, 6.45) is 1.79. The van der Waals surface area contributed by atoms with Crippen LogP contribution < -0.4 is 5.32 Å². The van der Waals surface area contributed by atoms with E-state index in [-0.39, 0.29) is 0 Å². The number of anilines is 1. The first-order valence-electron chi connectivity index (χ1n) is 5.86. The summed E-state index contributed by atoms with van der Waals surface area (Å²) in [4.78, 5) is 8.86. The number of aromatic nitrogens is 2. The normalized spacial score (nSPS) is 10.3. The van der Waals surface area contributed by atoms with Crippen LogP contribution in [0.2, 0.25) is 0 Å². The number of benzene rings is 1. The molecule has 0 saturated carbocycles. The Balaban J connectivity index is 2.45.